The molecule has 1 aliphatic heterocycles. The van der Waals surface area contributed by atoms with Crippen LogP contribution in [0.1, 0.15) is 109 Å². The Hall–Kier alpha value is 0.264. The summed E-state index contributed by atoms with van der Waals surface area (Å²) in [5.41, 5.74) is 4.33. The molecule has 0 radical (unpaired) electrons. The van der Waals surface area contributed by atoms with E-state index in [-0.39, 0.29) is 23.4 Å². The molecule has 1 fully saturated rings. The van der Waals surface area contributed by atoms with E-state index in [1.807, 2.05) is 0 Å². The minimum atomic E-state index is -2.11. The predicted octanol–water partition coefficient (Wildman–Crippen LogP) is 12.1. The van der Waals surface area contributed by atoms with Crippen molar-refractivity contribution in [2.24, 2.45) is 23.7 Å². The van der Waals surface area contributed by atoms with Gasteiger partial charge in [-0.1, -0.05) is 115 Å². The zero-order chi connectivity index (χ0) is 31.9. The molecule has 3 nitrogen and oxygen atoms in total. The molecule has 0 amide bonds. The smallest absolute Gasteiger partial charge is 0.203 e. The largest absolute Gasteiger partial charge is 0.413 e. The van der Waals surface area contributed by atoms with Gasteiger partial charge in [0, 0.05) is 5.92 Å². The van der Waals surface area contributed by atoms with Crippen molar-refractivity contribution in [1.29, 1.82) is 0 Å². The number of hydrogen-bond donors (Lipinski definition) is 0. The van der Waals surface area contributed by atoms with E-state index in [1.54, 1.807) is 0 Å². The highest BCUT2D eigenvalue weighted by molar-refractivity contribution is 14.1. The van der Waals surface area contributed by atoms with Crippen LogP contribution in [0.25, 0.3) is 0 Å². The van der Waals surface area contributed by atoms with Crippen molar-refractivity contribution < 1.29 is 13.6 Å². The summed E-state index contributed by atoms with van der Waals surface area (Å²) in [7, 11) is -4.13. The van der Waals surface area contributed by atoms with Gasteiger partial charge in [0.05, 0.1) is 12.7 Å². The Morgan fingerprint density at radius 3 is 1.95 bits per heavy atom. The zero-order valence-corrected chi connectivity index (χ0v) is 33.7. The Morgan fingerprint density at radius 2 is 1.54 bits per heavy atom. The first-order chi connectivity index (χ1) is 18.8. The number of rotatable bonds is 16. The maximum absolute atomic E-state index is 7.40. The van der Waals surface area contributed by atoms with Crippen LogP contribution in [0.3, 0.4) is 0 Å². The van der Waals surface area contributed by atoms with E-state index in [1.165, 1.54) is 11.1 Å². The van der Waals surface area contributed by atoms with Crippen LogP contribution in [-0.4, -0.2) is 35.6 Å². The van der Waals surface area contributed by atoms with E-state index < -0.39 is 16.6 Å². The summed E-state index contributed by atoms with van der Waals surface area (Å²) in [6.45, 7) is 40.3. The molecule has 0 bridgehead atoms. The Bertz CT molecular complexity index is 845. The molecule has 0 aromatic heterocycles. The van der Waals surface area contributed by atoms with Crippen LogP contribution in [0.5, 0.6) is 0 Å². The fraction of sp³-hybridized carbons (Fsp3) is 0.829. The Morgan fingerprint density at radius 1 is 1.00 bits per heavy atom. The number of hydrogen-bond acceptors (Lipinski definition) is 3. The molecule has 0 spiro atoms. The third kappa shape index (κ3) is 10.1. The number of allylic oxidation sites excluding steroid dienone is 2. The van der Waals surface area contributed by atoms with Crippen LogP contribution in [0.15, 0.2) is 34.0 Å². The van der Waals surface area contributed by atoms with Gasteiger partial charge >= 0.3 is 0 Å². The highest BCUT2D eigenvalue weighted by Crippen LogP contribution is 2.49. The highest BCUT2D eigenvalue weighted by atomic mass is 127. The summed E-state index contributed by atoms with van der Waals surface area (Å²) in [4.78, 5) is 0. The first-order valence-electron chi connectivity index (χ1n) is 16.3. The molecule has 1 aliphatic rings. The predicted molar refractivity (Wildman–Crippen MR) is 195 cm³/mol. The average Bonchev–Trinajstić information content (AvgIpc) is 3.22. The minimum absolute atomic E-state index is 0.140. The molecule has 0 unspecified atom stereocenters. The maximum Gasteiger partial charge on any atom is 0.203 e. The topological polar surface area (TPSA) is 27.7 Å². The molecular weight excluding hydrogens is 651 g/mol. The SMILES string of the molecule is C=C[C@@H]1[C@H](O[Si](C(C)C)(C(C)C)C(C)C)OC[C@H]1[C@H]([C@H](C)CCC=C(C)C)[C@@H](C/C(C)=C/I)O[Si](C)(C)C(C)(C)C. The van der Waals surface area contributed by atoms with Gasteiger partial charge in [-0.3, -0.25) is 0 Å². The maximum atomic E-state index is 7.40. The number of ether oxygens (including phenoxy) is 1. The molecule has 1 rings (SSSR count). The van der Waals surface area contributed by atoms with E-state index in [9.17, 15) is 0 Å². The van der Waals surface area contributed by atoms with Crippen molar-refractivity contribution in [2.45, 2.75) is 156 Å². The van der Waals surface area contributed by atoms with Gasteiger partial charge in [0.2, 0.25) is 8.32 Å². The van der Waals surface area contributed by atoms with Gasteiger partial charge in [0.15, 0.2) is 14.6 Å². The van der Waals surface area contributed by atoms with Crippen LogP contribution in [-0.2, 0) is 13.6 Å². The molecule has 0 aliphatic carbocycles. The molecular formula is C35H67IO3Si2. The third-order valence-electron chi connectivity index (χ3n) is 10.3. The molecule has 240 valence electrons. The second-order valence-electron chi connectivity index (χ2n) is 15.6. The van der Waals surface area contributed by atoms with Crippen LogP contribution in [0.4, 0.5) is 0 Å². The van der Waals surface area contributed by atoms with E-state index in [0.717, 1.165) is 19.3 Å². The number of halogens is 1. The second-order valence-corrected chi connectivity index (χ2v) is 26.4. The summed E-state index contributed by atoms with van der Waals surface area (Å²) in [5, 5.41) is 0.149. The fourth-order valence-corrected chi connectivity index (χ4v) is 14.1. The average molecular weight is 719 g/mol. The molecule has 0 aromatic rings. The van der Waals surface area contributed by atoms with Gasteiger partial charge < -0.3 is 13.6 Å². The third-order valence-corrected chi connectivity index (χ3v) is 21.9. The molecule has 1 saturated heterocycles. The monoisotopic (exact) mass is 718 g/mol. The van der Waals surface area contributed by atoms with Crippen molar-refractivity contribution >= 4 is 39.2 Å². The van der Waals surface area contributed by atoms with Crippen LogP contribution in [0, 0.1) is 23.7 Å². The zero-order valence-electron chi connectivity index (χ0n) is 29.6. The lowest BCUT2D eigenvalue weighted by Gasteiger charge is -2.46. The van der Waals surface area contributed by atoms with Crippen molar-refractivity contribution in [3.63, 3.8) is 0 Å². The lowest BCUT2D eigenvalue weighted by atomic mass is 9.71. The lowest BCUT2D eigenvalue weighted by molar-refractivity contribution is -0.0650. The summed E-state index contributed by atoms with van der Waals surface area (Å²) >= 11 is 2.40. The van der Waals surface area contributed by atoms with Crippen LogP contribution >= 0.6 is 22.6 Å². The molecule has 0 N–H and O–H groups in total. The molecule has 0 aromatic carbocycles. The van der Waals surface area contributed by atoms with Crippen LogP contribution in [0.2, 0.25) is 34.8 Å². The second kappa shape index (κ2) is 16.5. The Balaban J connectivity index is 3.64. The summed E-state index contributed by atoms with van der Waals surface area (Å²) in [5.74, 6) is 1.31. The van der Waals surface area contributed by atoms with Gasteiger partial charge in [0.1, 0.15) is 0 Å². The van der Waals surface area contributed by atoms with Gasteiger partial charge in [-0.15, -0.1) is 6.58 Å². The van der Waals surface area contributed by atoms with Crippen molar-refractivity contribution in [3.05, 3.63) is 34.0 Å². The normalized spacial score (nSPS) is 23.3. The van der Waals surface area contributed by atoms with Crippen LogP contribution < -0.4 is 0 Å². The first kappa shape index (κ1) is 39.3. The Labute approximate surface area is 272 Å². The van der Waals surface area contributed by atoms with E-state index in [4.69, 9.17) is 13.6 Å². The highest BCUT2D eigenvalue weighted by Gasteiger charge is 2.53. The van der Waals surface area contributed by atoms with E-state index in [2.05, 4.69) is 149 Å². The quantitative estimate of drug-likeness (QED) is 0.0903. The van der Waals surface area contributed by atoms with Crippen molar-refractivity contribution in [3.8, 4) is 0 Å². The van der Waals surface area contributed by atoms with Crippen molar-refractivity contribution in [1.82, 2.24) is 0 Å². The van der Waals surface area contributed by atoms with Crippen molar-refractivity contribution in [2.75, 3.05) is 6.61 Å². The summed E-state index contributed by atoms with van der Waals surface area (Å²) in [6, 6.07) is 0. The summed E-state index contributed by atoms with van der Waals surface area (Å²) < 4.78 is 23.6. The lowest BCUT2D eigenvalue weighted by Crippen LogP contribution is -2.52. The standard InChI is InChI=1S/C35H67IO3Si2/c1-17-30-31(23-37-34(30)39-41(25(4)5,26(6)7)27(8)9)33(29(11)20-18-19-24(2)3)32(21-28(10)22-36)38-40(15,16)35(12,13)14/h17,19,22,25-27,29-34H,1,18,20-21,23H2,2-16H3/b28-22+/t29-,30+,31-,32-,33+,34+/m1/s1. The Kier molecular flexibility index (Phi) is 15.8. The van der Waals surface area contributed by atoms with Gasteiger partial charge in [0.25, 0.3) is 0 Å². The van der Waals surface area contributed by atoms with Gasteiger partial charge in [-0.05, 0) is 96.6 Å². The minimum Gasteiger partial charge on any atom is -0.413 e. The summed E-state index contributed by atoms with van der Waals surface area (Å²) in [6.07, 6.45) is 7.67. The van der Waals surface area contributed by atoms with Gasteiger partial charge in [-0.2, -0.15) is 0 Å². The molecule has 6 heteroatoms. The molecule has 41 heavy (non-hydrogen) atoms. The molecule has 6 atom stereocenters. The molecule has 1 heterocycles. The van der Waals surface area contributed by atoms with E-state index >= 15 is 0 Å². The fourth-order valence-electron chi connectivity index (χ4n) is 7.07. The van der Waals surface area contributed by atoms with Gasteiger partial charge in [-0.25, -0.2) is 0 Å². The van der Waals surface area contributed by atoms with E-state index in [0.29, 0.717) is 41.0 Å². The molecule has 0 saturated carbocycles. The first-order valence-corrected chi connectivity index (χ1v) is 22.5.